The van der Waals surface area contributed by atoms with Crippen LogP contribution >= 0.6 is 0 Å². The molecule has 0 aliphatic carbocycles. The fraction of sp³-hybridized carbons (Fsp3) is 0.538. The van der Waals surface area contributed by atoms with E-state index in [9.17, 15) is 8.42 Å². The molecule has 1 rings (SSSR count). The molecule has 1 unspecified atom stereocenters. The van der Waals surface area contributed by atoms with E-state index in [-0.39, 0.29) is 11.8 Å². The Balaban J connectivity index is 3.03. The monoisotopic (exact) mass is 270 g/mol. The van der Waals surface area contributed by atoms with E-state index in [4.69, 9.17) is 5.73 Å². The summed E-state index contributed by atoms with van der Waals surface area (Å²) in [5.74, 6) is 0.110. The number of para-hydroxylation sites is 1. The number of anilines is 1. The maximum absolute atomic E-state index is 12.0. The lowest BCUT2D eigenvalue weighted by Gasteiger charge is -2.19. The summed E-state index contributed by atoms with van der Waals surface area (Å²) in [5.41, 5.74) is 6.23. The lowest BCUT2D eigenvalue weighted by Crippen LogP contribution is -2.23. The van der Waals surface area contributed by atoms with Gasteiger partial charge in [0.05, 0.1) is 16.3 Å². The third-order valence-corrected chi connectivity index (χ3v) is 4.76. The van der Waals surface area contributed by atoms with Crippen molar-refractivity contribution in [3.63, 3.8) is 0 Å². The van der Waals surface area contributed by atoms with Crippen LogP contribution in [0.2, 0.25) is 0 Å². The normalized spacial score (nSPS) is 13.3. The fourth-order valence-electron chi connectivity index (χ4n) is 1.81. The molecule has 0 saturated carbocycles. The first-order valence-electron chi connectivity index (χ1n) is 6.33. The average Bonchev–Trinajstić information content (AvgIpc) is 2.38. The largest absolute Gasteiger partial charge is 0.381 e. The summed E-state index contributed by atoms with van der Waals surface area (Å²) in [7, 11) is -3.19. The summed E-state index contributed by atoms with van der Waals surface area (Å²) < 4.78 is 24.0. The van der Waals surface area contributed by atoms with Crippen molar-refractivity contribution in [2.45, 2.75) is 37.6 Å². The number of rotatable bonds is 7. The number of benzene rings is 1. The van der Waals surface area contributed by atoms with Gasteiger partial charge in [0, 0.05) is 6.04 Å². The molecule has 1 aromatic carbocycles. The molecule has 3 N–H and O–H groups in total. The van der Waals surface area contributed by atoms with Gasteiger partial charge in [0.2, 0.25) is 0 Å². The van der Waals surface area contributed by atoms with Gasteiger partial charge in [-0.3, -0.25) is 0 Å². The Morgan fingerprint density at radius 3 is 2.50 bits per heavy atom. The molecular weight excluding hydrogens is 248 g/mol. The highest BCUT2D eigenvalue weighted by molar-refractivity contribution is 7.91. The van der Waals surface area contributed by atoms with Crippen molar-refractivity contribution in [2.24, 2.45) is 5.73 Å². The Labute approximate surface area is 110 Å². The molecule has 0 amide bonds. The van der Waals surface area contributed by atoms with Gasteiger partial charge in [0.1, 0.15) is 0 Å². The Bertz CT molecular complexity index is 472. The van der Waals surface area contributed by atoms with E-state index in [2.05, 4.69) is 12.2 Å². The fourth-order valence-corrected chi connectivity index (χ4v) is 2.87. The van der Waals surface area contributed by atoms with E-state index >= 15 is 0 Å². The predicted octanol–water partition coefficient (Wildman–Crippen LogP) is 2.02. The number of hydrogen-bond acceptors (Lipinski definition) is 4. The van der Waals surface area contributed by atoms with Crippen molar-refractivity contribution < 1.29 is 8.42 Å². The van der Waals surface area contributed by atoms with Gasteiger partial charge >= 0.3 is 0 Å². The van der Waals surface area contributed by atoms with Crippen molar-refractivity contribution in [2.75, 3.05) is 17.6 Å². The molecule has 102 valence electrons. The molecule has 0 saturated heterocycles. The van der Waals surface area contributed by atoms with Gasteiger partial charge in [-0.05, 0) is 31.5 Å². The zero-order valence-corrected chi connectivity index (χ0v) is 11.8. The van der Waals surface area contributed by atoms with Crippen LogP contribution < -0.4 is 11.1 Å². The molecular formula is C13H22N2O2S. The lowest BCUT2D eigenvalue weighted by molar-refractivity contribution is 0.596. The molecule has 0 radical (unpaired) electrons. The van der Waals surface area contributed by atoms with Crippen LogP contribution in [0.4, 0.5) is 5.69 Å². The van der Waals surface area contributed by atoms with Crippen molar-refractivity contribution in [1.82, 2.24) is 0 Å². The first-order valence-corrected chi connectivity index (χ1v) is 7.98. The van der Waals surface area contributed by atoms with Crippen LogP contribution in [0.3, 0.4) is 0 Å². The molecule has 0 heterocycles. The van der Waals surface area contributed by atoms with Crippen LogP contribution in [0.15, 0.2) is 29.2 Å². The highest BCUT2D eigenvalue weighted by Crippen LogP contribution is 2.23. The number of nitrogens with two attached hydrogens (primary N) is 1. The Morgan fingerprint density at radius 2 is 1.94 bits per heavy atom. The van der Waals surface area contributed by atoms with Crippen LogP contribution in [-0.2, 0) is 9.84 Å². The van der Waals surface area contributed by atoms with E-state index in [1.165, 1.54) is 0 Å². The summed E-state index contributed by atoms with van der Waals surface area (Å²) in [6.45, 7) is 4.31. The molecule has 0 aliphatic heterocycles. The van der Waals surface area contributed by atoms with Crippen molar-refractivity contribution in [1.29, 1.82) is 0 Å². The lowest BCUT2D eigenvalue weighted by atomic mass is 10.1. The van der Waals surface area contributed by atoms with Gasteiger partial charge in [-0.2, -0.15) is 0 Å². The van der Waals surface area contributed by atoms with Crippen LogP contribution in [-0.4, -0.2) is 26.8 Å². The first-order chi connectivity index (χ1) is 8.55. The van der Waals surface area contributed by atoms with Crippen LogP contribution in [0, 0.1) is 0 Å². The first kappa shape index (κ1) is 15.0. The average molecular weight is 270 g/mol. The second-order valence-electron chi connectivity index (χ2n) is 4.23. The van der Waals surface area contributed by atoms with Crippen molar-refractivity contribution in [3.05, 3.63) is 24.3 Å². The van der Waals surface area contributed by atoms with E-state index in [0.717, 1.165) is 12.8 Å². The molecule has 0 fully saturated rings. The van der Waals surface area contributed by atoms with Gasteiger partial charge in [-0.15, -0.1) is 0 Å². The molecule has 1 atom stereocenters. The molecule has 0 bridgehead atoms. The van der Waals surface area contributed by atoms with E-state index in [1.54, 1.807) is 19.1 Å². The second kappa shape index (κ2) is 6.75. The molecule has 0 spiro atoms. The van der Waals surface area contributed by atoms with Crippen molar-refractivity contribution >= 4 is 15.5 Å². The number of nitrogens with one attached hydrogen (secondary N) is 1. The van der Waals surface area contributed by atoms with Crippen molar-refractivity contribution in [3.8, 4) is 0 Å². The van der Waals surface area contributed by atoms with Gasteiger partial charge in [0.25, 0.3) is 0 Å². The minimum Gasteiger partial charge on any atom is -0.381 e. The summed E-state index contributed by atoms with van der Waals surface area (Å²) in [6.07, 6.45) is 1.74. The summed E-state index contributed by atoms with van der Waals surface area (Å²) in [5, 5.41) is 3.28. The predicted molar refractivity (Wildman–Crippen MR) is 75.5 cm³/mol. The SMILES string of the molecule is CCC(CCN)Nc1ccccc1S(=O)(=O)CC. The summed E-state index contributed by atoms with van der Waals surface area (Å²) in [6, 6.07) is 7.25. The Hall–Kier alpha value is -1.07. The third-order valence-electron chi connectivity index (χ3n) is 2.97. The smallest absolute Gasteiger partial charge is 0.180 e. The Kier molecular flexibility index (Phi) is 5.62. The molecule has 4 nitrogen and oxygen atoms in total. The third kappa shape index (κ3) is 3.71. The minimum absolute atomic E-state index is 0.110. The van der Waals surface area contributed by atoms with Crippen LogP contribution in [0.1, 0.15) is 26.7 Å². The molecule has 18 heavy (non-hydrogen) atoms. The van der Waals surface area contributed by atoms with Gasteiger partial charge in [-0.25, -0.2) is 8.42 Å². The molecule has 1 aromatic rings. The quantitative estimate of drug-likeness (QED) is 0.795. The minimum atomic E-state index is -3.19. The highest BCUT2D eigenvalue weighted by Gasteiger charge is 2.17. The number of sulfone groups is 1. The van der Waals surface area contributed by atoms with Gasteiger partial charge in [-0.1, -0.05) is 26.0 Å². The van der Waals surface area contributed by atoms with Gasteiger partial charge in [0.15, 0.2) is 9.84 Å². The maximum atomic E-state index is 12.0. The summed E-state index contributed by atoms with van der Waals surface area (Å²) in [4.78, 5) is 0.378. The van der Waals surface area contributed by atoms with E-state index < -0.39 is 9.84 Å². The molecule has 0 aliphatic rings. The molecule has 5 heteroatoms. The maximum Gasteiger partial charge on any atom is 0.180 e. The highest BCUT2D eigenvalue weighted by atomic mass is 32.2. The number of hydrogen-bond donors (Lipinski definition) is 2. The Morgan fingerprint density at radius 1 is 1.28 bits per heavy atom. The van der Waals surface area contributed by atoms with Crippen LogP contribution in [0.5, 0.6) is 0 Å². The van der Waals surface area contributed by atoms with E-state index in [1.807, 2.05) is 12.1 Å². The standard InChI is InChI=1S/C13H22N2O2S/c1-3-11(9-10-14)15-12-7-5-6-8-13(12)18(16,17)4-2/h5-8,11,15H,3-4,9-10,14H2,1-2H3. The van der Waals surface area contributed by atoms with Crippen LogP contribution in [0.25, 0.3) is 0 Å². The topological polar surface area (TPSA) is 72.2 Å². The van der Waals surface area contributed by atoms with Gasteiger partial charge < -0.3 is 11.1 Å². The zero-order valence-electron chi connectivity index (χ0n) is 11.0. The zero-order chi connectivity index (χ0) is 13.6. The molecule has 0 aromatic heterocycles. The van der Waals surface area contributed by atoms with E-state index in [0.29, 0.717) is 17.1 Å². The summed E-state index contributed by atoms with van der Waals surface area (Å²) >= 11 is 0. The second-order valence-corrected chi connectivity index (χ2v) is 6.47.